The Hall–Kier alpha value is -1.56. The smallest absolute Gasteiger partial charge is 0.234 e. The number of aryl methyl sites for hydroxylation is 1. The summed E-state index contributed by atoms with van der Waals surface area (Å²) in [5, 5.41) is 2.85. The van der Waals surface area contributed by atoms with Gasteiger partial charge in [0.05, 0.1) is 11.4 Å². The molecule has 1 aromatic rings. The molecule has 0 saturated heterocycles. The summed E-state index contributed by atoms with van der Waals surface area (Å²) < 4.78 is 25.9. The van der Waals surface area contributed by atoms with Gasteiger partial charge in [0.2, 0.25) is 15.9 Å². The normalized spacial score (nSPS) is 14.8. The molecule has 0 aromatic heterocycles. The Morgan fingerprint density at radius 1 is 1.36 bits per heavy atom. The second kappa shape index (κ2) is 6.69. The third-order valence-electron chi connectivity index (χ3n) is 3.74. The quantitative estimate of drug-likeness (QED) is 0.905. The number of hydrogen-bond donors (Lipinski definition) is 1. The SMILES string of the molecule is CCS(=O)(=O)N1CCCc2ccc(NC(=O)CC(C)C)cc21. The molecule has 1 aliphatic heterocycles. The molecule has 0 aliphatic carbocycles. The lowest BCUT2D eigenvalue weighted by Crippen LogP contribution is -2.36. The Morgan fingerprint density at radius 3 is 2.73 bits per heavy atom. The highest BCUT2D eigenvalue weighted by Crippen LogP contribution is 2.32. The third kappa shape index (κ3) is 3.80. The van der Waals surface area contributed by atoms with Crippen LogP contribution in [-0.4, -0.2) is 26.6 Å². The van der Waals surface area contributed by atoms with Crippen LogP contribution < -0.4 is 9.62 Å². The fraction of sp³-hybridized carbons (Fsp3) is 0.562. The summed E-state index contributed by atoms with van der Waals surface area (Å²) in [6.45, 7) is 6.13. The zero-order valence-corrected chi connectivity index (χ0v) is 14.2. The van der Waals surface area contributed by atoms with Gasteiger partial charge < -0.3 is 5.32 Å². The number of anilines is 2. The maximum atomic E-state index is 12.2. The van der Waals surface area contributed by atoms with E-state index in [0.717, 1.165) is 18.4 Å². The average molecular weight is 324 g/mol. The second-order valence-electron chi connectivity index (χ2n) is 6.07. The van der Waals surface area contributed by atoms with Gasteiger partial charge in [-0.25, -0.2) is 8.42 Å². The van der Waals surface area contributed by atoms with E-state index in [0.29, 0.717) is 24.3 Å². The largest absolute Gasteiger partial charge is 0.326 e. The molecule has 1 aromatic carbocycles. The molecule has 1 N–H and O–H groups in total. The Morgan fingerprint density at radius 2 is 2.09 bits per heavy atom. The first-order valence-corrected chi connectivity index (χ1v) is 9.37. The van der Waals surface area contributed by atoms with Crippen LogP contribution >= 0.6 is 0 Å². The summed E-state index contributed by atoms with van der Waals surface area (Å²) in [6.07, 6.45) is 2.14. The first kappa shape index (κ1) is 16.8. The number of nitrogens with one attached hydrogen (secondary N) is 1. The van der Waals surface area contributed by atoms with Crippen LogP contribution in [0.5, 0.6) is 0 Å². The van der Waals surface area contributed by atoms with E-state index in [1.165, 1.54) is 4.31 Å². The maximum Gasteiger partial charge on any atom is 0.234 e. The molecular formula is C16H24N2O3S. The molecular weight excluding hydrogens is 300 g/mol. The minimum Gasteiger partial charge on any atom is -0.326 e. The molecule has 0 spiro atoms. The molecule has 0 fully saturated rings. The summed E-state index contributed by atoms with van der Waals surface area (Å²) in [7, 11) is -3.28. The summed E-state index contributed by atoms with van der Waals surface area (Å²) in [5.74, 6) is 0.321. The van der Waals surface area contributed by atoms with E-state index in [1.807, 2.05) is 26.0 Å². The van der Waals surface area contributed by atoms with E-state index >= 15 is 0 Å². The van der Waals surface area contributed by atoms with Crippen molar-refractivity contribution in [3.63, 3.8) is 0 Å². The zero-order valence-electron chi connectivity index (χ0n) is 13.4. The molecule has 0 saturated carbocycles. The summed E-state index contributed by atoms with van der Waals surface area (Å²) in [4.78, 5) is 11.9. The van der Waals surface area contributed by atoms with Crippen molar-refractivity contribution < 1.29 is 13.2 Å². The van der Waals surface area contributed by atoms with Crippen molar-refractivity contribution >= 4 is 27.3 Å². The van der Waals surface area contributed by atoms with Crippen LogP contribution in [0.15, 0.2) is 18.2 Å². The molecule has 0 radical (unpaired) electrons. The highest BCUT2D eigenvalue weighted by atomic mass is 32.2. The number of amides is 1. The molecule has 1 aliphatic rings. The van der Waals surface area contributed by atoms with E-state index < -0.39 is 10.0 Å². The Balaban J connectivity index is 2.28. The van der Waals surface area contributed by atoms with Crippen LogP contribution in [0.3, 0.4) is 0 Å². The van der Waals surface area contributed by atoms with Crippen molar-refractivity contribution in [2.45, 2.75) is 40.0 Å². The maximum absolute atomic E-state index is 12.2. The minimum absolute atomic E-state index is 0.0457. The summed E-state index contributed by atoms with van der Waals surface area (Å²) >= 11 is 0. The van der Waals surface area contributed by atoms with Gasteiger partial charge in [0, 0.05) is 18.7 Å². The van der Waals surface area contributed by atoms with Gasteiger partial charge in [-0.1, -0.05) is 19.9 Å². The van der Waals surface area contributed by atoms with Crippen LogP contribution in [0.4, 0.5) is 11.4 Å². The number of carbonyl (C=O) groups is 1. The van der Waals surface area contributed by atoms with Crippen LogP contribution in [0.25, 0.3) is 0 Å². The Kier molecular flexibility index (Phi) is 5.11. The third-order valence-corrected chi connectivity index (χ3v) is 5.52. The molecule has 1 heterocycles. The van der Waals surface area contributed by atoms with Crippen molar-refractivity contribution in [3.8, 4) is 0 Å². The Labute approximate surface area is 132 Å². The van der Waals surface area contributed by atoms with Crippen molar-refractivity contribution in [3.05, 3.63) is 23.8 Å². The predicted octanol–water partition coefficient (Wildman–Crippen LogP) is 2.77. The predicted molar refractivity (Wildman–Crippen MR) is 89.7 cm³/mol. The number of nitrogens with zero attached hydrogens (tertiary/aromatic N) is 1. The van der Waals surface area contributed by atoms with Gasteiger partial charge >= 0.3 is 0 Å². The van der Waals surface area contributed by atoms with Gasteiger partial charge in [-0.05, 0) is 43.4 Å². The van der Waals surface area contributed by atoms with Gasteiger partial charge in [-0.15, -0.1) is 0 Å². The van der Waals surface area contributed by atoms with Gasteiger partial charge in [0.15, 0.2) is 0 Å². The van der Waals surface area contributed by atoms with Crippen molar-refractivity contribution in [1.82, 2.24) is 0 Å². The topological polar surface area (TPSA) is 66.5 Å². The zero-order chi connectivity index (χ0) is 16.3. The molecule has 0 unspecified atom stereocenters. The number of carbonyl (C=O) groups excluding carboxylic acids is 1. The first-order valence-electron chi connectivity index (χ1n) is 7.76. The first-order chi connectivity index (χ1) is 10.3. The second-order valence-corrected chi connectivity index (χ2v) is 8.25. The lowest BCUT2D eigenvalue weighted by atomic mass is 10.0. The van der Waals surface area contributed by atoms with Crippen LogP contribution in [0.1, 0.15) is 39.2 Å². The molecule has 0 atom stereocenters. The van der Waals surface area contributed by atoms with Crippen molar-refractivity contribution in [2.24, 2.45) is 5.92 Å². The van der Waals surface area contributed by atoms with Crippen LogP contribution in [0.2, 0.25) is 0 Å². The van der Waals surface area contributed by atoms with Crippen LogP contribution in [-0.2, 0) is 21.2 Å². The number of benzene rings is 1. The van der Waals surface area contributed by atoms with E-state index in [-0.39, 0.29) is 17.6 Å². The number of rotatable bonds is 5. The van der Waals surface area contributed by atoms with Gasteiger partial charge in [-0.2, -0.15) is 0 Å². The van der Waals surface area contributed by atoms with Crippen LogP contribution in [0, 0.1) is 5.92 Å². The monoisotopic (exact) mass is 324 g/mol. The summed E-state index contributed by atoms with van der Waals surface area (Å²) in [6, 6.07) is 5.54. The molecule has 1 amide bonds. The van der Waals surface area contributed by atoms with E-state index in [4.69, 9.17) is 0 Å². The van der Waals surface area contributed by atoms with E-state index in [9.17, 15) is 13.2 Å². The molecule has 5 nitrogen and oxygen atoms in total. The van der Waals surface area contributed by atoms with Crippen molar-refractivity contribution in [2.75, 3.05) is 21.9 Å². The van der Waals surface area contributed by atoms with E-state index in [2.05, 4.69) is 5.32 Å². The molecule has 2 rings (SSSR count). The van der Waals surface area contributed by atoms with Gasteiger partial charge in [0.1, 0.15) is 0 Å². The lowest BCUT2D eigenvalue weighted by molar-refractivity contribution is -0.116. The molecule has 6 heteroatoms. The number of sulfonamides is 1. The standard InChI is InChI=1S/C16H24N2O3S/c1-4-22(20,21)18-9-5-6-13-7-8-14(11-15(13)18)17-16(19)10-12(2)3/h7-8,11-12H,4-6,9-10H2,1-3H3,(H,17,19). The fourth-order valence-electron chi connectivity index (χ4n) is 2.65. The average Bonchev–Trinajstić information content (AvgIpc) is 2.45. The van der Waals surface area contributed by atoms with Gasteiger partial charge in [0.25, 0.3) is 0 Å². The highest BCUT2D eigenvalue weighted by molar-refractivity contribution is 7.92. The number of hydrogen-bond acceptors (Lipinski definition) is 3. The highest BCUT2D eigenvalue weighted by Gasteiger charge is 2.26. The fourth-order valence-corrected chi connectivity index (χ4v) is 3.83. The van der Waals surface area contributed by atoms with Crippen molar-refractivity contribution in [1.29, 1.82) is 0 Å². The summed E-state index contributed by atoms with van der Waals surface area (Å²) in [5.41, 5.74) is 2.38. The molecule has 122 valence electrons. The van der Waals surface area contributed by atoms with E-state index in [1.54, 1.807) is 13.0 Å². The minimum atomic E-state index is -3.28. The Bertz CT molecular complexity index is 653. The molecule has 22 heavy (non-hydrogen) atoms. The number of fused-ring (bicyclic) bond motifs is 1. The molecule has 0 bridgehead atoms. The lowest BCUT2D eigenvalue weighted by Gasteiger charge is -2.30. The van der Waals surface area contributed by atoms with Gasteiger partial charge in [-0.3, -0.25) is 9.10 Å².